The number of aldehydes is 1. The average molecular weight is 411 g/mol. The van der Waals surface area contributed by atoms with Crippen LogP contribution in [0.5, 0.6) is 0 Å². The second-order valence-electron chi connectivity index (χ2n) is 7.16. The quantitative estimate of drug-likeness (QED) is 0.206. The fourth-order valence-electron chi connectivity index (χ4n) is 2.94. The van der Waals surface area contributed by atoms with Crippen molar-refractivity contribution < 1.29 is 30.0 Å². The van der Waals surface area contributed by atoms with Crippen LogP contribution < -0.4 is 5.32 Å². The Labute approximate surface area is 172 Å². The molecule has 8 nitrogen and oxygen atoms in total. The number of hydrogen-bond acceptors (Lipinski definition) is 7. The highest BCUT2D eigenvalue weighted by Gasteiger charge is 2.25. The molecule has 0 fully saturated rings. The maximum atomic E-state index is 12.2. The van der Waals surface area contributed by atoms with Crippen molar-refractivity contribution in [2.45, 2.75) is 50.9 Å². The Balaban J connectivity index is 2.55. The second-order valence-corrected chi connectivity index (χ2v) is 7.16. The van der Waals surface area contributed by atoms with E-state index < -0.39 is 24.9 Å². The summed E-state index contributed by atoms with van der Waals surface area (Å²) in [4.78, 5) is 24.8. The van der Waals surface area contributed by atoms with E-state index in [0.29, 0.717) is 37.0 Å². The van der Waals surface area contributed by atoms with Gasteiger partial charge in [-0.15, -0.1) is 0 Å². The molecular formula is C21H34N2O6. The lowest BCUT2D eigenvalue weighted by atomic mass is 10.1. The van der Waals surface area contributed by atoms with Crippen LogP contribution in [0, 0.1) is 0 Å². The Kier molecular flexibility index (Phi) is 12.3. The zero-order valence-electron chi connectivity index (χ0n) is 17.0. The highest BCUT2D eigenvalue weighted by molar-refractivity contribution is 5.94. The molecule has 0 bridgehead atoms. The van der Waals surface area contributed by atoms with Crippen molar-refractivity contribution in [3.05, 3.63) is 35.4 Å². The summed E-state index contributed by atoms with van der Waals surface area (Å²) in [6.45, 7) is 3.09. The maximum Gasteiger partial charge on any atom is 0.251 e. The molecule has 1 aromatic rings. The molecule has 3 atom stereocenters. The molecule has 5 N–H and O–H groups in total. The highest BCUT2D eigenvalue weighted by atomic mass is 16.4. The molecule has 0 aromatic heterocycles. The molecule has 0 heterocycles. The fourth-order valence-corrected chi connectivity index (χ4v) is 2.94. The third kappa shape index (κ3) is 9.47. The summed E-state index contributed by atoms with van der Waals surface area (Å²) in [5.74, 6) is -0.260. The summed E-state index contributed by atoms with van der Waals surface area (Å²) in [6, 6.07) is 6.31. The van der Waals surface area contributed by atoms with Gasteiger partial charge >= 0.3 is 0 Å². The van der Waals surface area contributed by atoms with Crippen LogP contribution in [-0.2, 0) is 0 Å². The summed E-state index contributed by atoms with van der Waals surface area (Å²) in [5, 5.41) is 41.3. The van der Waals surface area contributed by atoms with Gasteiger partial charge in [-0.1, -0.05) is 38.3 Å². The summed E-state index contributed by atoms with van der Waals surface area (Å²) in [7, 11) is 0. The number of rotatable bonds is 15. The number of aliphatic hydroxyl groups is 4. The van der Waals surface area contributed by atoms with Gasteiger partial charge in [0.1, 0.15) is 18.5 Å². The van der Waals surface area contributed by atoms with E-state index in [1.54, 1.807) is 24.3 Å². The average Bonchev–Trinajstić information content (AvgIpc) is 2.75. The van der Waals surface area contributed by atoms with E-state index in [1.807, 2.05) is 4.90 Å². The van der Waals surface area contributed by atoms with E-state index >= 15 is 0 Å². The first kappa shape index (κ1) is 25.2. The van der Waals surface area contributed by atoms with Crippen molar-refractivity contribution in [1.29, 1.82) is 0 Å². The van der Waals surface area contributed by atoms with Crippen molar-refractivity contribution >= 4 is 12.2 Å². The van der Waals surface area contributed by atoms with Crippen LogP contribution in [0.2, 0.25) is 0 Å². The summed E-state index contributed by atoms with van der Waals surface area (Å²) in [5.41, 5.74) is 0.948. The Morgan fingerprint density at radius 3 is 2.34 bits per heavy atom. The van der Waals surface area contributed by atoms with Gasteiger partial charge in [-0.2, -0.15) is 0 Å². The Morgan fingerprint density at radius 1 is 1.07 bits per heavy atom. The first-order valence-corrected chi connectivity index (χ1v) is 10.1. The molecule has 0 aliphatic carbocycles. The monoisotopic (exact) mass is 410 g/mol. The molecule has 1 rings (SSSR count). The molecule has 0 aliphatic rings. The number of benzene rings is 1. The molecular weight excluding hydrogens is 376 g/mol. The Hall–Kier alpha value is -1.84. The van der Waals surface area contributed by atoms with Crippen LogP contribution in [0.15, 0.2) is 24.3 Å². The second kappa shape index (κ2) is 14.2. The van der Waals surface area contributed by atoms with E-state index in [9.17, 15) is 24.9 Å². The van der Waals surface area contributed by atoms with E-state index in [0.717, 1.165) is 25.7 Å². The highest BCUT2D eigenvalue weighted by Crippen LogP contribution is 2.07. The minimum Gasteiger partial charge on any atom is -0.394 e. The minimum absolute atomic E-state index is 0.119. The SMILES string of the molecule is CCCCCCN(CCNC(=O)c1ccc(C=O)cc1)CC(O)C(O)C(O)CO. The van der Waals surface area contributed by atoms with E-state index in [4.69, 9.17) is 5.11 Å². The number of nitrogens with one attached hydrogen (secondary N) is 1. The molecule has 8 heteroatoms. The van der Waals surface area contributed by atoms with Crippen molar-refractivity contribution in [2.24, 2.45) is 0 Å². The molecule has 0 saturated heterocycles. The van der Waals surface area contributed by atoms with Crippen LogP contribution in [0.1, 0.15) is 53.3 Å². The van der Waals surface area contributed by atoms with Crippen LogP contribution in [0.25, 0.3) is 0 Å². The smallest absolute Gasteiger partial charge is 0.251 e. The van der Waals surface area contributed by atoms with Gasteiger partial charge in [0.25, 0.3) is 5.91 Å². The van der Waals surface area contributed by atoms with Crippen LogP contribution in [0.4, 0.5) is 0 Å². The molecule has 0 saturated carbocycles. The zero-order valence-corrected chi connectivity index (χ0v) is 17.0. The van der Waals surface area contributed by atoms with Crippen LogP contribution in [0.3, 0.4) is 0 Å². The molecule has 0 spiro atoms. The van der Waals surface area contributed by atoms with Gasteiger partial charge in [0.15, 0.2) is 0 Å². The largest absolute Gasteiger partial charge is 0.394 e. The molecule has 0 radical (unpaired) electrons. The lowest BCUT2D eigenvalue weighted by molar-refractivity contribution is -0.0840. The van der Waals surface area contributed by atoms with E-state index in [2.05, 4.69) is 12.2 Å². The first-order chi connectivity index (χ1) is 13.9. The molecule has 29 heavy (non-hydrogen) atoms. The van der Waals surface area contributed by atoms with E-state index in [-0.39, 0.29) is 12.5 Å². The third-order valence-corrected chi connectivity index (χ3v) is 4.77. The van der Waals surface area contributed by atoms with Gasteiger partial charge in [0.05, 0.1) is 12.7 Å². The van der Waals surface area contributed by atoms with Gasteiger partial charge in [-0.05, 0) is 25.1 Å². The molecule has 3 unspecified atom stereocenters. The normalized spacial score (nSPS) is 14.4. The predicted molar refractivity (Wildman–Crippen MR) is 110 cm³/mol. The zero-order chi connectivity index (χ0) is 21.6. The van der Waals surface area contributed by atoms with Crippen LogP contribution >= 0.6 is 0 Å². The number of aliphatic hydroxyl groups excluding tert-OH is 4. The minimum atomic E-state index is -1.44. The number of carbonyl (C=O) groups is 2. The summed E-state index contributed by atoms with van der Waals surface area (Å²) >= 11 is 0. The lowest BCUT2D eigenvalue weighted by Gasteiger charge is -2.29. The standard InChI is InChI=1S/C21H34N2O6/c1-2-3-4-5-11-23(13-18(26)20(28)19(27)15-25)12-10-22-21(29)17-8-6-16(14-24)7-9-17/h6-9,14,18-20,25-28H,2-5,10-13,15H2,1H3,(H,22,29). The van der Waals surface area contributed by atoms with E-state index in [1.165, 1.54) is 0 Å². The van der Waals surface area contributed by atoms with Gasteiger partial charge < -0.3 is 25.7 Å². The third-order valence-electron chi connectivity index (χ3n) is 4.77. The molecule has 164 valence electrons. The molecule has 0 aliphatic heterocycles. The maximum absolute atomic E-state index is 12.2. The van der Waals surface area contributed by atoms with Gasteiger partial charge in [-0.3, -0.25) is 14.5 Å². The topological polar surface area (TPSA) is 130 Å². The van der Waals surface area contributed by atoms with Gasteiger partial charge in [0, 0.05) is 30.8 Å². The number of nitrogens with zero attached hydrogens (tertiary/aromatic N) is 1. The Morgan fingerprint density at radius 2 is 1.76 bits per heavy atom. The predicted octanol–water partition coefficient (Wildman–Crippen LogP) is 0.186. The number of hydrogen-bond donors (Lipinski definition) is 5. The van der Waals surface area contributed by atoms with Gasteiger partial charge in [0.2, 0.25) is 0 Å². The number of amides is 1. The molecule has 1 aromatic carbocycles. The Bertz CT molecular complexity index is 595. The van der Waals surface area contributed by atoms with Crippen molar-refractivity contribution in [3.8, 4) is 0 Å². The fraction of sp³-hybridized carbons (Fsp3) is 0.619. The van der Waals surface area contributed by atoms with Crippen molar-refractivity contribution in [3.63, 3.8) is 0 Å². The molecule has 1 amide bonds. The van der Waals surface area contributed by atoms with Crippen LogP contribution in [-0.4, -0.2) is 88.6 Å². The lowest BCUT2D eigenvalue weighted by Crippen LogP contribution is -2.47. The number of unbranched alkanes of at least 4 members (excludes halogenated alkanes) is 3. The van der Waals surface area contributed by atoms with Crippen molar-refractivity contribution in [1.82, 2.24) is 10.2 Å². The van der Waals surface area contributed by atoms with Gasteiger partial charge in [-0.25, -0.2) is 0 Å². The van der Waals surface area contributed by atoms with Crippen molar-refractivity contribution in [2.75, 3.05) is 32.8 Å². The number of carbonyl (C=O) groups excluding carboxylic acids is 2. The summed E-state index contributed by atoms with van der Waals surface area (Å²) < 4.78 is 0. The first-order valence-electron chi connectivity index (χ1n) is 10.1. The summed E-state index contributed by atoms with van der Waals surface area (Å²) in [6.07, 6.45) is 0.824.